The summed E-state index contributed by atoms with van der Waals surface area (Å²) in [5.74, 6) is 0.651. The number of aromatic nitrogens is 2. The Balaban J connectivity index is 1.92. The minimum atomic E-state index is 0.468. The molecule has 5 heteroatoms. The van der Waals surface area contributed by atoms with Crippen molar-refractivity contribution >= 4 is 33.0 Å². The highest BCUT2D eigenvalue weighted by Crippen LogP contribution is 2.18. The van der Waals surface area contributed by atoms with E-state index in [1.54, 1.807) is 18.5 Å². The van der Waals surface area contributed by atoms with E-state index >= 15 is 0 Å². The minimum Gasteiger partial charge on any atom is -0.450 e. The SMILES string of the molecule is N#C/C(=C/c1ccc(Br)o1)Cn1cnc2ccccc21. The van der Waals surface area contributed by atoms with Crippen molar-refractivity contribution in [2.75, 3.05) is 0 Å². The molecule has 3 rings (SSSR count). The molecule has 0 spiro atoms. The van der Waals surface area contributed by atoms with Gasteiger partial charge in [-0.25, -0.2) is 4.98 Å². The van der Waals surface area contributed by atoms with Crippen LogP contribution >= 0.6 is 15.9 Å². The van der Waals surface area contributed by atoms with E-state index < -0.39 is 0 Å². The quantitative estimate of drug-likeness (QED) is 0.683. The number of nitrogens with zero attached hydrogens (tertiary/aromatic N) is 3. The van der Waals surface area contributed by atoms with E-state index in [-0.39, 0.29) is 0 Å². The fourth-order valence-electron chi connectivity index (χ4n) is 2.01. The minimum absolute atomic E-state index is 0.468. The van der Waals surface area contributed by atoms with Gasteiger partial charge in [0.2, 0.25) is 0 Å². The number of fused-ring (bicyclic) bond motifs is 1. The molecule has 0 bridgehead atoms. The number of nitriles is 1. The molecule has 0 N–H and O–H groups in total. The molecule has 0 unspecified atom stereocenters. The molecular formula is C15H10BrN3O. The van der Waals surface area contributed by atoms with Crippen molar-refractivity contribution < 1.29 is 4.42 Å². The number of allylic oxidation sites excluding steroid dienone is 1. The molecule has 0 radical (unpaired) electrons. The lowest BCUT2D eigenvalue weighted by molar-refractivity contribution is 0.531. The van der Waals surface area contributed by atoms with Gasteiger partial charge < -0.3 is 8.98 Å². The summed E-state index contributed by atoms with van der Waals surface area (Å²) in [6.07, 6.45) is 3.48. The van der Waals surface area contributed by atoms with Crippen LogP contribution in [0, 0.1) is 11.3 Å². The van der Waals surface area contributed by atoms with Crippen molar-refractivity contribution in [2.45, 2.75) is 6.54 Å². The first-order valence-corrected chi connectivity index (χ1v) is 6.81. The predicted molar refractivity (Wildman–Crippen MR) is 79.7 cm³/mol. The number of imidazole rings is 1. The van der Waals surface area contributed by atoms with Crippen LogP contribution in [-0.2, 0) is 6.54 Å². The summed E-state index contributed by atoms with van der Waals surface area (Å²) in [5.41, 5.74) is 2.54. The number of benzene rings is 1. The Morgan fingerprint density at radius 2 is 2.20 bits per heavy atom. The highest BCUT2D eigenvalue weighted by atomic mass is 79.9. The molecular weight excluding hydrogens is 318 g/mol. The first-order valence-electron chi connectivity index (χ1n) is 6.02. The van der Waals surface area contributed by atoms with Gasteiger partial charge in [0.05, 0.1) is 35.5 Å². The van der Waals surface area contributed by atoms with Gasteiger partial charge in [0.15, 0.2) is 4.67 Å². The van der Waals surface area contributed by atoms with Gasteiger partial charge in [-0.2, -0.15) is 5.26 Å². The van der Waals surface area contributed by atoms with Crippen molar-refractivity contribution in [3.05, 3.63) is 58.7 Å². The molecule has 20 heavy (non-hydrogen) atoms. The molecule has 2 heterocycles. The molecule has 0 atom stereocenters. The molecule has 0 aliphatic carbocycles. The van der Waals surface area contributed by atoms with Crippen LogP contribution in [0.3, 0.4) is 0 Å². The molecule has 0 fully saturated rings. The maximum atomic E-state index is 9.26. The Hall–Kier alpha value is -2.32. The molecule has 0 aliphatic rings. The summed E-state index contributed by atoms with van der Waals surface area (Å²) in [6, 6.07) is 13.7. The first kappa shape index (κ1) is 12.7. The molecule has 4 nitrogen and oxygen atoms in total. The largest absolute Gasteiger partial charge is 0.450 e. The smallest absolute Gasteiger partial charge is 0.169 e. The Morgan fingerprint density at radius 3 is 2.95 bits per heavy atom. The number of para-hydroxylation sites is 2. The Bertz CT molecular complexity index is 823. The fraction of sp³-hybridized carbons (Fsp3) is 0.0667. The van der Waals surface area contributed by atoms with E-state index in [4.69, 9.17) is 4.42 Å². The van der Waals surface area contributed by atoms with Crippen LogP contribution in [0.5, 0.6) is 0 Å². The lowest BCUT2D eigenvalue weighted by atomic mass is 10.2. The second-order valence-electron chi connectivity index (χ2n) is 4.28. The lowest BCUT2D eigenvalue weighted by Crippen LogP contribution is -1.98. The second kappa shape index (κ2) is 5.35. The van der Waals surface area contributed by atoms with E-state index in [9.17, 15) is 5.26 Å². The number of rotatable bonds is 3. The second-order valence-corrected chi connectivity index (χ2v) is 5.07. The summed E-state index contributed by atoms with van der Waals surface area (Å²) in [6.45, 7) is 0.468. The van der Waals surface area contributed by atoms with Gasteiger partial charge in [-0.3, -0.25) is 0 Å². The third-order valence-corrected chi connectivity index (χ3v) is 3.35. The Kier molecular flexibility index (Phi) is 3.40. The van der Waals surface area contributed by atoms with Crippen LogP contribution in [0.25, 0.3) is 17.1 Å². The highest BCUT2D eigenvalue weighted by molar-refractivity contribution is 9.10. The van der Waals surface area contributed by atoms with Crippen molar-refractivity contribution in [3.63, 3.8) is 0 Å². The van der Waals surface area contributed by atoms with Crippen LogP contribution in [0.2, 0.25) is 0 Å². The van der Waals surface area contributed by atoms with Crippen molar-refractivity contribution in [1.29, 1.82) is 5.26 Å². The molecule has 0 aliphatic heterocycles. The monoisotopic (exact) mass is 327 g/mol. The Morgan fingerprint density at radius 1 is 1.35 bits per heavy atom. The zero-order valence-electron chi connectivity index (χ0n) is 10.5. The summed E-state index contributed by atoms with van der Waals surface area (Å²) in [7, 11) is 0. The van der Waals surface area contributed by atoms with Crippen LogP contribution in [0.1, 0.15) is 5.76 Å². The molecule has 98 valence electrons. The zero-order valence-corrected chi connectivity index (χ0v) is 12.0. The molecule has 3 aromatic rings. The van der Waals surface area contributed by atoms with Crippen LogP contribution in [0.4, 0.5) is 0 Å². The van der Waals surface area contributed by atoms with E-state index in [0.717, 1.165) is 11.0 Å². The molecule has 1 aromatic carbocycles. The van der Waals surface area contributed by atoms with E-state index in [1.165, 1.54) is 0 Å². The average molecular weight is 328 g/mol. The van der Waals surface area contributed by atoms with Gasteiger partial charge >= 0.3 is 0 Å². The third-order valence-electron chi connectivity index (χ3n) is 2.92. The lowest BCUT2D eigenvalue weighted by Gasteiger charge is -2.02. The predicted octanol–water partition coefficient (Wildman–Crippen LogP) is 4.00. The summed E-state index contributed by atoms with van der Waals surface area (Å²) >= 11 is 3.24. The van der Waals surface area contributed by atoms with Gasteiger partial charge in [-0.05, 0) is 46.3 Å². The number of halogens is 1. The van der Waals surface area contributed by atoms with Crippen molar-refractivity contribution in [2.24, 2.45) is 0 Å². The molecule has 0 saturated heterocycles. The summed E-state index contributed by atoms with van der Waals surface area (Å²) in [4.78, 5) is 4.31. The normalized spacial score (nSPS) is 11.7. The third kappa shape index (κ3) is 2.51. The Labute approximate surface area is 124 Å². The van der Waals surface area contributed by atoms with Crippen molar-refractivity contribution in [1.82, 2.24) is 9.55 Å². The number of hydrogen-bond acceptors (Lipinski definition) is 3. The summed E-state index contributed by atoms with van der Waals surface area (Å²) < 4.78 is 7.98. The number of hydrogen-bond donors (Lipinski definition) is 0. The van der Waals surface area contributed by atoms with Gasteiger partial charge in [0.1, 0.15) is 5.76 Å². The van der Waals surface area contributed by atoms with Crippen LogP contribution < -0.4 is 0 Å². The van der Waals surface area contributed by atoms with Crippen LogP contribution in [-0.4, -0.2) is 9.55 Å². The topological polar surface area (TPSA) is 54.8 Å². The van der Waals surface area contributed by atoms with Gasteiger partial charge in [0, 0.05) is 0 Å². The van der Waals surface area contributed by atoms with E-state index in [2.05, 4.69) is 27.0 Å². The van der Waals surface area contributed by atoms with E-state index in [0.29, 0.717) is 22.5 Å². The van der Waals surface area contributed by atoms with Gasteiger partial charge in [-0.1, -0.05) is 12.1 Å². The molecule has 2 aromatic heterocycles. The summed E-state index contributed by atoms with van der Waals surface area (Å²) in [5, 5.41) is 9.26. The molecule has 0 amide bonds. The average Bonchev–Trinajstić information content (AvgIpc) is 3.05. The fourth-order valence-corrected chi connectivity index (χ4v) is 2.33. The maximum absolute atomic E-state index is 9.26. The van der Waals surface area contributed by atoms with Gasteiger partial charge in [0.25, 0.3) is 0 Å². The molecule has 0 saturated carbocycles. The van der Waals surface area contributed by atoms with Crippen molar-refractivity contribution in [3.8, 4) is 6.07 Å². The standard InChI is InChI=1S/C15H10BrN3O/c16-15-6-5-12(20-15)7-11(8-17)9-19-10-18-13-3-1-2-4-14(13)19/h1-7,10H,9H2/b11-7-. The zero-order chi connectivity index (χ0) is 13.9. The van der Waals surface area contributed by atoms with E-state index in [1.807, 2.05) is 34.9 Å². The first-order chi connectivity index (χ1) is 9.76. The highest BCUT2D eigenvalue weighted by Gasteiger charge is 2.05. The van der Waals surface area contributed by atoms with Crippen LogP contribution in [0.15, 0.2) is 57.4 Å². The number of furan rings is 1. The maximum Gasteiger partial charge on any atom is 0.169 e. The van der Waals surface area contributed by atoms with Gasteiger partial charge in [-0.15, -0.1) is 0 Å².